The number of likely N-dealkylation sites (tertiary alicyclic amines) is 1. The number of carboxylic acids is 1. The van der Waals surface area contributed by atoms with Gasteiger partial charge in [-0.15, -0.1) is 0 Å². The lowest BCUT2D eigenvalue weighted by molar-refractivity contribution is -0.154. The Kier molecular flexibility index (Phi) is 7.19. The van der Waals surface area contributed by atoms with E-state index in [1.54, 1.807) is 6.92 Å². The van der Waals surface area contributed by atoms with E-state index < -0.39 is 11.6 Å². The third kappa shape index (κ3) is 4.83. The van der Waals surface area contributed by atoms with Crippen LogP contribution in [-0.4, -0.2) is 40.3 Å². The third-order valence-electron chi connectivity index (χ3n) is 9.05. The summed E-state index contributed by atoms with van der Waals surface area (Å²) in [5, 5.41) is 9.91. The van der Waals surface area contributed by atoms with Crippen LogP contribution < -0.4 is 4.74 Å². The number of carbonyl (C=O) groups excluding carboxylic acids is 1. The summed E-state index contributed by atoms with van der Waals surface area (Å²) in [6.07, 6.45) is 8.24. The van der Waals surface area contributed by atoms with E-state index in [4.69, 9.17) is 9.47 Å². The van der Waals surface area contributed by atoms with E-state index in [2.05, 4.69) is 19.1 Å². The number of fused-ring (bicyclic) bond motifs is 1. The van der Waals surface area contributed by atoms with Crippen molar-refractivity contribution in [3.05, 3.63) is 65.2 Å². The second-order valence-electron chi connectivity index (χ2n) is 11.3. The van der Waals surface area contributed by atoms with Crippen LogP contribution in [0.5, 0.6) is 5.75 Å². The Morgan fingerprint density at radius 1 is 1.14 bits per heavy atom. The molecule has 1 saturated heterocycles. The van der Waals surface area contributed by atoms with Crippen LogP contribution in [0.2, 0.25) is 0 Å². The van der Waals surface area contributed by atoms with Crippen molar-refractivity contribution in [3.8, 4) is 5.75 Å². The number of unbranched alkanes of at least 4 members (excludes halogenated alkanes) is 1. The van der Waals surface area contributed by atoms with Gasteiger partial charge in [0.1, 0.15) is 12.4 Å². The molecule has 2 bridgehead atoms. The molecule has 0 aromatic heterocycles. The molecule has 2 aliphatic carbocycles. The highest BCUT2D eigenvalue weighted by Gasteiger charge is 2.55. The molecule has 5 rings (SSSR count). The molecule has 2 aromatic carbocycles. The predicted molar refractivity (Wildman–Crippen MR) is 142 cm³/mol. The number of ether oxygens (including phenoxy) is 2. The molecule has 0 radical (unpaired) electrons. The minimum Gasteiger partial charge on any atom is -0.478 e. The van der Waals surface area contributed by atoms with Crippen LogP contribution in [0, 0.1) is 5.92 Å². The van der Waals surface area contributed by atoms with Gasteiger partial charge in [-0.1, -0.05) is 62.6 Å². The van der Waals surface area contributed by atoms with E-state index in [9.17, 15) is 14.7 Å². The van der Waals surface area contributed by atoms with Crippen LogP contribution in [0.1, 0.15) is 81.9 Å². The van der Waals surface area contributed by atoms with Gasteiger partial charge < -0.3 is 19.5 Å². The molecule has 1 N–H and O–H groups in total. The molecule has 1 saturated carbocycles. The van der Waals surface area contributed by atoms with Crippen molar-refractivity contribution >= 4 is 12.1 Å². The average Bonchev–Trinajstić information content (AvgIpc) is 2.91. The number of rotatable bonds is 8. The largest absolute Gasteiger partial charge is 0.478 e. The lowest BCUT2D eigenvalue weighted by atomic mass is 9.52. The maximum absolute atomic E-state index is 13.2. The van der Waals surface area contributed by atoms with Crippen LogP contribution in [0.3, 0.4) is 0 Å². The Morgan fingerprint density at radius 3 is 2.70 bits per heavy atom. The van der Waals surface area contributed by atoms with E-state index >= 15 is 0 Å². The second-order valence-corrected chi connectivity index (χ2v) is 11.3. The van der Waals surface area contributed by atoms with Gasteiger partial charge in [0.15, 0.2) is 0 Å². The first-order valence-corrected chi connectivity index (χ1v) is 13.9. The molecule has 4 atom stereocenters. The number of carbonyl (C=O) groups is 2. The summed E-state index contributed by atoms with van der Waals surface area (Å²) in [4.78, 5) is 27.3. The lowest BCUT2D eigenvalue weighted by Crippen LogP contribution is -2.62. The van der Waals surface area contributed by atoms with Crippen molar-refractivity contribution in [2.75, 3.05) is 6.54 Å². The first-order valence-electron chi connectivity index (χ1n) is 13.9. The van der Waals surface area contributed by atoms with Crippen LogP contribution in [0.25, 0.3) is 0 Å². The molecule has 0 spiro atoms. The Labute approximate surface area is 220 Å². The number of amides is 1. The van der Waals surface area contributed by atoms with Gasteiger partial charge in [-0.3, -0.25) is 0 Å². The number of hydrogen-bond donors (Lipinski definition) is 1. The normalized spacial score (nSPS) is 25.8. The average molecular weight is 506 g/mol. The summed E-state index contributed by atoms with van der Waals surface area (Å²) >= 11 is 0. The van der Waals surface area contributed by atoms with E-state index in [1.165, 1.54) is 24.0 Å². The van der Waals surface area contributed by atoms with Crippen LogP contribution in [0.4, 0.5) is 4.79 Å². The monoisotopic (exact) mass is 505 g/mol. The van der Waals surface area contributed by atoms with Crippen LogP contribution in [-0.2, 0) is 28.0 Å². The fourth-order valence-corrected chi connectivity index (χ4v) is 7.05. The van der Waals surface area contributed by atoms with E-state index in [1.807, 2.05) is 41.3 Å². The van der Waals surface area contributed by atoms with Crippen molar-refractivity contribution in [3.63, 3.8) is 0 Å². The predicted octanol–water partition coefficient (Wildman–Crippen LogP) is 6.49. The number of benzene rings is 2. The molecule has 3 aliphatic rings. The van der Waals surface area contributed by atoms with Crippen molar-refractivity contribution < 1.29 is 24.2 Å². The van der Waals surface area contributed by atoms with Crippen molar-refractivity contribution in [2.45, 2.75) is 95.3 Å². The second kappa shape index (κ2) is 10.4. The minimum absolute atomic E-state index is 0.00905. The van der Waals surface area contributed by atoms with Crippen LogP contribution in [0.15, 0.2) is 48.5 Å². The summed E-state index contributed by atoms with van der Waals surface area (Å²) in [5.41, 5.74) is 2.33. The molecular formula is C31H39NO5. The maximum atomic E-state index is 13.2. The number of aliphatic carboxylic acids is 1. The Hall–Kier alpha value is -3.02. The zero-order valence-corrected chi connectivity index (χ0v) is 22.1. The van der Waals surface area contributed by atoms with Gasteiger partial charge in [0.25, 0.3) is 0 Å². The van der Waals surface area contributed by atoms with Gasteiger partial charge >= 0.3 is 12.1 Å². The van der Waals surface area contributed by atoms with Gasteiger partial charge in [0.05, 0.1) is 0 Å². The number of hydrogen-bond acceptors (Lipinski definition) is 4. The molecule has 1 amide bonds. The van der Waals surface area contributed by atoms with Crippen molar-refractivity contribution in [1.82, 2.24) is 4.90 Å². The maximum Gasteiger partial charge on any atom is 0.410 e. The highest BCUT2D eigenvalue weighted by Crippen LogP contribution is 2.56. The van der Waals surface area contributed by atoms with Gasteiger partial charge in [-0.05, 0) is 80.2 Å². The van der Waals surface area contributed by atoms with E-state index in [0.29, 0.717) is 24.6 Å². The molecule has 1 heterocycles. The van der Waals surface area contributed by atoms with Gasteiger partial charge in [-0.2, -0.15) is 0 Å². The summed E-state index contributed by atoms with van der Waals surface area (Å²) in [6.45, 7) is 4.71. The topological polar surface area (TPSA) is 76.1 Å². The standard InChI is InChI=1S/C31H39NO5/c1-3-4-15-30(2,28(33)34)37-24-14-13-23-19-27-25-12-8-9-16-31(25,26(23)20-24)17-18-32(27)29(35)36-21-22-10-6-5-7-11-22/h5-7,10-11,13-14,20,25,27H,3-4,8-9,12,15-19,21H2,1-2H3,(H,33,34)/t25-,27+,30?,31+/m0/s1. The highest BCUT2D eigenvalue weighted by atomic mass is 16.6. The SMILES string of the molecule is CCCCC(C)(Oc1ccc2c(c1)[C@@]13CCCC[C@H]1[C@@H](C2)N(C(=O)OCc1ccccc1)CC3)C(=O)O. The Morgan fingerprint density at radius 2 is 1.95 bits per heavy atom. The fraction of sp³-hybridized carbons (Fsp3) is 0.548. The first-order chi connectivity index (χ1) is 17.9. The zero-order valence-electron chi connectivity index (χ0n) is 22.1. The number of nitrogens with zero attached hydrogens (tertiary/aromatic N) is 1. The third-order valence-corrected chi connectivity index (χ3v) is 9.05. The van der Waals surface area contributed by atoms with E-state index in [-0.39, 0.29) is 24.2 Å². The van der Waals surface area contributed by atoms with Gasteiger partial charge in [-0.25, -0.2) is 9.59 Å². The molecule has 198 valence electrons. The molecule has 6 nitrogen and oxygen atoms in total. The number of carboxylic acid groups (broad SMARTS) is 1. The Balaban J connectivity index is 1.40. The summed E-state index contributed by atoms with van der Waals surface area (Å²) < 4.78 is 12.0. The molecule has 1 aliphatic heterocycles. The highest BCUT2D eigenvalue weighted by molar-refractivity contribution is 5.77. The van der Waals surface area contributed by atoms with E-state index in [0.717, 1.165) is 44.1 Å². The fourth-order valence-electron chi connectivity index (χ4n) is 7.05. The molecule has 1 unspecified atom stereocenters. The summed E-state index contributed by atoms with van der Waals surface area (Å²) in [6, 6.07) is 16.1. The molecule has 37 heavy (non-hydrogen) atoms. The summed E-state index contributed by atoms with van der Waals surface area (Å²) in [7, 11) is 0. The molecule has 6 heteroatoms. The minimum atomic E-state index is -1.24. The van der Waals surface area contributed by atoms with Crippen molar-refractivity contribution in [2.24, 2.45) is 5.92 Å². The zero-order chi connectivity index (χ0) is 26.0. The van der Waals surface area contributed by atoms with Crippen LogP contribution >= 0.6 is 0 Å². The molecular weight excluding hydrogens is 466 g/mol. The Bertz CT molecular complexity index is 1130. The molecule has 2 fully saturated rings. The first kappa shape index (κ1) is 25.6. The quantitative estimate of drug-likeness (QED) is 0.444. The number of piperidine rings is 1. The summed E-state index contributed by atoms with van der Waals surface area (Å²) in [5.74, 6) is 0.101. The molecule has 2 aromatic rings. The van der Waals surface area contributed by atoms with Gasteiger partial charge in [0.2, 0.25) is 5.60 Å². The van der Waals surface area contributed by atoms with Gasteiger partial charge in [0, 0.05) is 18.0 Å². The van der Waals surface area contributed by atoms with Crippen molar-refractivity contribution in [1.29, 1.82) is 0 Å². The smallest absolute Gasteiger partial charge is 0.410 e. The lowest BCUT2D eigenvalue weighted by Gasteiger charge is -2.58.